The second-order valence-corrected chi connectivity index (χ2v) is 7.28. The fourth-order valence-electron chi connectivity index (χ4n) is 2.99. The molecule has 0 radical (unpaired) electrons. The Morgan fingerprint density at radius 2 is 1.87 bits per heavy atom. The summed E-state index contributed by atoms with van der Waals surface area (Å²) < 4.78 is 58.6. The van der Waals surface area contributed by atoms with E-state index >= 15 is 0 Å². The van der Waals surface area contributed by atoms with E-state index in [0.717, 1.165) is 40.5 Å². The van der Waals surface area contributed by atoms with Gasteiger partial charge in [-0.2, -0.15) is 22.6 Å². The topological polar surface area (TPSA) is 42.7 Å². The van der Waals surface area contributed by atoms with Crippen molar-refractivity contribution in [3.63, 3.8) is 0 Å². The molecule has 1 N–H and O–H groups in total. The third-order valence-corrected chi connectivity index (χ3v) is 5.28. The molecule has 2 aromatic heterocycles. The second-order valence-electron chi connectivity index (χ2n) is 6.65. The Labute approximate surface area is 176 Å². The predicted octanol–water partition coefficient (Wildman–Crippen LogP) is 6.65. The van der Waals surface area contributed by atoms with Crippen LogP contribution >= 0.6 is 11.5 Å². The van der Waals surface area contributed by atoms with Crippen molar-refractivity contribution in [2.75, 3.05) is 5.32 Å². The number of hydrogen-bond acceptors (Lipinski definition) is 4. The molecule has 0 spiro atoms. The summed E-state index contributed by atoms with van der Waals surface area (Å²) in [6, 6.07) is 5.25. The van der Waals surface area contributed by atoms with E-state index in [4.69, 9.17) is 0 Å². The monoisotopic (exact) mass is 438 g/mol. The van der Waals surface area contributed by atoms with Gasteiger partial charge >= 0.3 is 6.18 Å². The maximum absolute atomic E-state index is 14.7. The highest BCUT2D eigenvalue weighted by atomic mass is 32.1. The molecule has 4 nitrogen and oxygen atoms in total. The molecule has 1 aliphatic carbocycles. The van der Waals surface area contributed by atoms with Crippen LogP contribution in [0.25, 0.3) is 17.0 Å². The highest BCUT2D eigenvalue weighted by Crippen LogP contribution is 2.39. The first-order chi connectivity index (χ1) is 14.2. The van der Waals surface area contributed by atoms with Gasteiger partial charge in [0.1, 0.15) is 5.82 Å². The molecule has 30 heavy (non-hydrogen) atoms. The van der Waals surface area contributed by atoms with E-state index in [-0.39, 0.29) is 11.3 Å². The fourth-order valence-corrected chi connectivity index (χ4v) is 3.70. The fraction of sp³-hybridized carbons (Fsp3) is 0.333. The van der Waals surface area contributed by atoms with E-state index in [9.17, 15) is 17.6 Å². The minimum absolute atomic E-state index is 0.0602. The normalized spacial score (nSPS) is 13.0. The van der Waals surface area contributed by atoms with Crippen molar-refractivity contribution in [1.82, 2.24) is 14.2 Å². The molecule has 2 heterocycles. The molecular weight excluding hydrogens is 416 g/mol. The van der Waals surface area contributed by atoms with Crippen LogP contribution in [0.3, 0.4) is 0 Å². The van der Waals surface area contributed by atoms with Crippen LogP contribution in [-0.4, -0.2) is 14.2 Å². The smallest absolute Gasteiger partial charge is 0.355 e. The van der Waals surface area contributed by atoms with Gasteiger partial charge in [0.2, 0.25) is 0 Å². The highest BCUT2D eigenvalue weighted by molar-refractivity contribution is 7.03. The minimum Gasteiger partial charge on any atom is -0.355 e. The van der Waals surface area contributed by atoms with Gasteiger partial charge in [0.05, 0.1) is 11.4 Å². The number of nitrogens with one attached hydrogen (secondary N) is 1. The van der Waals surface area contributed by atoms with Crippen molar-refractivity contribution in [3.8, 4) is 11.3 Å². The van der Waals surface area contributed by atoms with Gasteiger partial charge in [0.15, 0.2) is 5.69 Å². The lowest BCUT2D eigenvalue weighted by Crippen LogP contribution is -2.06. The summed E-state index contributed by atoms with van der Waals surface area (Å²) in [6.45, 7) is 5.92. The third kappa shape index (κ3) is 4.56. The van der Waals surface area contributed by atoms with Crippen molar-refractivity contribution in [2.45, 2.75) is 39.8 Å². The molecule has 0 saturated heterocycles. The van der Waals surface area contributed by atoms with Crippen LogP contribution in [0, 0.1) is 12.7 Å². The lowest BCUT2D eigenvalue weighted by Gasteiger charge is -2.12. The number of nitrogens with zero attached hydrogens (tertiary/aromatic N) is 3. The van der Waals surface area contributed by atoms with Gasteiger partial charge in [-0.1, -0.05) is 13.8 Å². The van der Waals surface area contributed by atoms with E-state index in [1.165, 1.54) is 36.3 Å². The number of allylic oxidation sites excluding steroid dienone is 1. The molecular formula is C21H22F4N4S. The van der Waals surface area contributed by atoms with Gasteiger partial charge in [-0.15, -0.1) is 0 Å². The van der Waals surface area contributed by atoms with Crippen LogP contribution in [0.4, 0.5) is 23.2 Å². The van der Waals surface area contributed by atoms with Crippen molar-refractivity contribution in [2.24, 2.45) is 7.05 Å². The molecule has 4 rings (SSSR count). The first-order valence-corrected chi connectivity index (χ1v) is 10.4. The van der Waals surface area contributed by atoms with Crippen LogP contribution in [0.1, 0.15) is 43.6 Å². The molecule has 0 unspecified atom stereocenters. The average Bonchev–Trinajstić information content (AvgIpc) is 3.33. The van der Waals surface area contributed by atoms with Gasteiger partial charge in [-0.25, -0.2) is 4.39 Å². The summed E-state index contributed by atoms with van der Waals surface area (Å²) in [6.07, 6.45) is -2.62. The largest absolute Gasteiger partial charge is 0.435 e. The Bertz CT molecular complexity index is 1070. The maximum atomic E-state index is 14.7. The van der Waals surface area contributed by atoms with E-state index in [1.54, 1.807) is 6.07 Å². The zero-order chi connectivity index (χ0) is 22.1. The molecule has 0 aliphatic heterocycles. The lowest BCUT2D eigenvalue weighted by molar-refractivity contribution is -0.141. The number of aromatic nitrogens is 3. The molecule has 1 saturated carbocycles. The molecule has 9 heteroatoms. The summed E-state index contributed by atoms with van der Waals surface area (Å²) in [5.41, 5.74) is 3.67. The van der Waals surface area contributed by atoms with Crippen molar-refractivity contribution >= 4 is 22.9 Å². The second kappa shape index (κ2) is 8.59. The third-order valence-electron chi connectivity index (χ3n) is 4.56. The first kappa shape index (κ1) is 22.0. The van der Waals surface area contributed by atoms with Crippen molar-refractivity contribution in [1.29, 1.82) is 0 Å². The van der Waals surface area contributed by atoms with Gasteiger partial charge in [-0.05, 0) is 61.1 Å². The maximum Gasteiger partial charge on any atom is 0.435 e. The molecule has 1 aliphatic rings. The Morgan fingerprint density at radius 1 is 1.17 bits per heavy atom. The predicted molar refractivity (Wildman–Crippen MR) is 112 cm³/mol. The Hall–Kier alpha value is -2.68. The SMILES string of the molecule is CC.Cc1nscc1C(Nc1ccc(-c2cc(C(F)(F)F)nn2C)c(F)c1)=C1CC1. The number of hydrogen-bond donors (Lipinski definition) is 1. The number of rotatable bonds is 4. The Kier molecular flexibility index (Phi) is 6.30. The van der Waals surface area contributed by atoms with Crippen LogP contribution in [0.5, 0.6) is 0 Å². The zero-order valence-electron chi connectivity index (χ0n) is 17.1. The summed E-state index contributed by atoms with van der Waals surface area (Å²) >= 11 is 1.36. The summed E-state index contributed by atoms with van der Waals surface area (Å²) in [7, 11) is 1.36. The van der Waals surface area contributed by atoms with Crippen LogP contribution in [0.15, 0.2) is 35.2 Å². The van der Waals surface area contributed by atoms with Crippen molar-refractivity contribution in [3.05, 3.63) is 58.0 Å². The quantitative estimate of drug-likeness (QED) is 0.464. The van der Waals surface area contributed by atoms with Crippen LogP contribution in [-0.2, 0) is 13.2 Å². The highest BCUT2D eigenvalue weighted by Gasteiger charge is 2.35. The van der Waals surface area contributed by atoms with Gasteiger partial charge in [0.25, 0.3) is 0 Å². The minimum atomic E-state index is -4.58. The number of anilines is 1. The van der Waals surface area contributed by atoms with Gasteiger partial charge < -0.3 is 5.32 Å². The van der Waals surface area contributed by atoms with Gasteiger partial charge in [0, 0.05) is 34.9 Å². The molecule has 0 bridgehead atoms. The molecule has 0 atom stereocenters. The summed E-state index contributed by atoms with van der Waals surface area (Å²) in [5, 5.41) is 8.64. The van der Waals surface area contributed by atoms with Crippen LogP contribution < -0.4 is 5.32 Å². The summed E-state index contributed by atoms with van der Waals surface area (Å²) in [4.78, 5) is 0. The van der Waals surface area contributed by atoms with E-state index < -0.39 is 17.7 Å². The number of alkyl halides is 3. The van der Waals surface area contributed by atoms with E-state index in [0.29, 0.717) is 5.69 Å². The molecule has 1 fully saturated rings. The Balaban J connectivity index is 0.00000124. The first-order valence-electron chi connectivity index (χ1n) is 9.55. The average molecular weight is 438 g/mol. The number of aryl methyl sites for hydroxylation is 2. The number of benzene rings is 1. The summed E-state index contributed by atoms with van der Waals surface area (Å²) in [5.74, 6) is -0.623. The van der Waals surface area contributed by atoms with Crippen molar-refractivity contribution < 1.29 is 17.6 Å². The van der Waals surface area contributed by atoms with E-state index in [2.05, 4.69) is 14.8 Å². The molecule has 160 valence electrons. The number of halogens is 4. The standard InChI is InChI=1S/C19H16F4N4S.C2H6/c1-10-14(9-28-26-10)18(11-3-4-11)24-12-5-6-13(15(20)7-12)16-8-17(19(21,22)23)25-27(16)2;1-2/h5-9,24H,3-4H2,1-2H3;1-2H3. The Morgan fingerprint density at radius 3 is 2.37 bits per heavy atom. The molecule has 0 amide bonds. The molecule has 3 aromatic rings. The van der Waals surface area contributed by atoms with Crippen LogP contribution in [0.2, 0.25) is 0 Å². The van der Waals surface area contributed by atoms with Gasteiger partial charge in [-0.3, -0.25) is 4.68 Å². The van der Waals surface area contributed by atoms with E-state index in [1.807, 2.05) is 26.2 Å². The molecule has 1 aromatic carbocycles. The zero-order valence-corrected chi connectivity index (χ0v) is 17.9. The lowest BCUT2D eigenvalue weighted by atomic mass is 10.1.